The van der Waals surface area contributed by atoms with Crippen LogP contribution >= 0.6 is 79.6 Å². The first-order chi connectivity index (χ1) is 65.6. The number of carbonyl (C=O) groups is 4. The zero-order valence-corrected chi connectivity index (χ0v) is 81.7. The van der Waals surface area contributed by atoms with E-state index in [0.29, 0.717) is 80.4 Å². The number of rotatable bonds is 19. The number of aromatic nitrogens is 14. The Bertz CT molecular complexity index is 7820. The molecule has 0 fully saturated rings. The number of nitrogens with zero attached hydrogens (tertiary/aromatic N) is 15. The third kappa shape index (κ3) is 22.8. The van der Waals surface area contributed by atoms with Gasteiger partial charge in [-0.2, -0.15) is 15.3 Å². The van der Waals surface area contributed by atoms with Crippen molar-refractivity contribution in [3.05, 3.63) is 439 Å². The zero-order chi connectivity index (χ0) is 95.3. The average molecular weight is 2170 g/mol. The molecular weight excluding hydrogens is 2090 g/mol. The molecule has 136 heavy (non-hydrogen) atoms. The maximum absolute atomic E-state index is 13.7. The predicted octanol–water partition coefficient (Wildman–Crippen LogP) is 19.9. The maximum atomic E-state index is 13.7. The van der Waals surface area contributed by atoms with Crippen LogP contribution in [0.25, 0.3) is 56.4 Å². The third-order valence-corrected chi connectivity index (χ3v) is 27.2. The molecule has 5 N–H and O–H groups in total. The fraction of sp³-hybridized carbons (Fsp3) is 0.0900. The van der Waals surface area contributed by atoms with E-state index in [2.05, 4.69) is 159 Å². The van der Waals surface area contributed by atoms with Crippen molar-refractivity contribution in [3.63, 3.8) is 0 Å². The van der Waals surface area contributed by atoms with Crippen molar-refractivity contribution < 1.29 is 40.9 Å². The number of nitro groups is 1. The lowest BCUT2D eigenvalue weighted by Gasteiger charge is -2.08. The van der Waals surface area contributed by atoms with Crippen molar-refractivity contribution in [3.8, 4) is 11.1 Å². The van der Waals surface area contributed by atoms with Crippen LogP contribution in [0.15, 0.2) is 343 Å². The Morgan fingerprint density at radius 3 is 1.35 bits per heavy atom. The summed E-state index contributed by atoms with van der Waals surface area (Å²) >= 11 is 16.7. The summed E-state index contributed by atoms with van der Waals surface area (Å²) < 4.78 is 65.8. The molecule has 0 saturated heterocycles. The van der Waals surface area contributed by atoms with Gasteiger partial charge in [-0.25, -0.2) is 34.7 Å². The number of allylic oxidation sites excluding steroid dienone is 4. The maximum Gasteiger partial charge on any atom is 0.274 e. The summed E-state index contributed by atoms with van der Waals surface area (Å²) in [5.41, 5.74) is 24.5. The molecule has 0 spiro atoms. The Morgan fingerprint density at radius 2 is 0.853 bits per heavy atom. The van der Waals surface area contributed by atoms with Crippen molar-refractivity contribution in [1.82, 2.24) is 72.5 Å². The number of hydrogen-bond acceptors (Lipinski definition) is 20. The summed E-state index contributed by atoms with van der Waals surface area (Å²) in [5.74, 6) is -1.02. The molecule has 0 saturated carbocycles. The van der Waals surface area contributed by atoms with E-state index in [1.54, 1.807) is 142 Å². The summed E-state index contributed by atoms with van der Waals surface area (Å²) in [6, 6.07) is 60.9. The molecule has 36 heteroatoms. The molecule has 3 amide bonds. The van der Waals surface area contributed by atoms with E-state index >= 15 is 0 Å². The van der Waals surface area contributed by atoms with Crippen LogP contribution in [0.4, 0.5) is 11.4 Å². The minimum atomic E-state index is -4.04. The number of hydrogen-bond donors (Lipinski definition) is 4. The molecule has 0 unspecified atom stereocenters. The molecule has 0 bridgehead atoms. The Kier molecular flexibility index (Phi) is 29.5. The molecule has 4 aliphatic carbocycles. The second-order valence-corrected chi connectivity index (χ2v) is 39.5. The fourth-order valence-corrected chi connectivity index (χ4v) is 19.1. The van der Waals surface area contributed by atoms with Gasteiger partial charge in [-0.1, -0.05) is 169 Å². The van der Waals surface area contributed by atoms with E-state index < -0.39 is 31.9 Å². The Hall–Kier alpha value is -14.5. The molecule has 29 nitrogen and oxygen atoms in total. The second kappa shape index (κ2) is 42.4. The Balaban J connectivity index is 0.000000128. The van der Waals surface area contributed by atoms with Gasteiger partial charge in [0.05, 0.1) is 109 Å². The summed E-state index contributed by atoms with van der Waals surface area (Å²) in [5, 5.41) is 33.0. The first kappa shape index (κ1) is 94.7. The van der Waals surface area contributed by atoms with Gasteiger partial charge in [0.1, 0.15) is 6.29 Å². The van der Waals surface area contributed by atoms with Crippen molar-refractivity contribution in [2.45, 2.75) is 69.0 Å². The molecule has 4 aliphatic rings. The van der Waals surface area contributed by atoms with Crippen LogP contribution < -0.4 is 21.7 Å². The van der Waals surface area contributed by atoms with Crippen LogP contribution in [0.3, 0.4) is 0 Å². The largest absolute Gasteiger partial charge is 0.398 e. The molecule has 0 radical (unpaired) electrons. The number of benzene rings is 6. The molecule has 11 aromatic heterocycles. The topological polar surface area (TPSA) is 382 Å². The van der Waals surface area contributed by atoms with Gasteiger partial charge in [0, 0.05) is 167 Å². The van der Waals surface area contributed by atoms with Crippen LogP contribution in [0.5, 0.6) is 0 Å². The fourth-order valence-electron chi connectivity index (χ4n) is 14.8. The molecular formula is C100H78Br5N19O10S2. The minimum absolute atomic E-state index is 0.0922. The number of anilines is 2. The van der Waals surface area contributed by atoms with Crippen molar-refractivity contribution in [2.24, 2.45) is 5.73 Å². The van der Waals surface area contributed by atoms with Crippen LogP contribution in [0, 0.1) is 24.0 Å². The van der Waals surface area contributed by atoms with Gasteiger partial charge < -0.3 is 21.7 Å². The Labute approximate surface area is 822 Å². The lowest BCUT2D eigenvalue weighted by atomic mass is 10.0. The lowest BCUT2D eigenvalue weighted by Crippen LogP contribution is -2.21. The van der Waals surface area contributed by atoms with Gasteiger partial charge in [0.15, 0.2) is 11.3 Å². The number of pyridine rings is 6. The highest BCUT2D eigenvalue weighted by atomic mass is 79.9. The van der Waals surface area contributed by atoms with E-state index in [0.717, 1.165) is 124 Å². The SMILES string of the molecule is Brc1cnc2c(c1)C=CC2.Cc1ccc(S(=O)(=O)n2cc(NC(=O)c3cnn(Cc4ccccc4)c3)c3cc(-c4cccc(C=O)c4)cnc32)cc1.Cc1ccc(S(=O)(=O)n2cc(NC(=O)c3cnn(Cc4ccccc4)c3)c3cc(Br)cnc32)cc1.NC1=CCc2ncc(Br)cc21.O=C(NC1=CCc2ncc(Br)cc21)c1cnn(Cc2ccccc2)c1.O=[N+]([O-])C1=CCc2ncc(Br)cc21. The van der Waals surface area contributed by atoms with E-state index in [4.69, 9.17) is 5.73 Å². The van der Waals surface area contributed by atoms with E-state index in [9.17, 15) is 46.1 Å². The number of aryl methyl sites for hydroxylation is 2. The van der Waals surface area contributed by atoms with Gasteiger partial charge in [-0.15, -0.1) is 0 Å². The summed E-state index contributed by atoms with van der Waals surface area (Å²) in [6.07, 6.45) is 36.1. The van der Waals surface area contributed by atoms with Crippen molar-refractivity contribution in [1.29, 1.82) is 0 Å². The molecule has 680 valence electrons. The third-order valence-electron chi connectivity index (χ3n) is 21.7. The Morgan fingerprint density at radius 1 is 0.434 bits per heavy atom. The van der Waals surface area contributed by atoms with Gasteiger partial charge in [0.2, 0.25) is 0 Å². The van der Waals surface area contributed by atoms with Crippen molar-refractivity contribution in [2.75, 3.05) is 10.6 Å². The number of amides is 3. The highest BCUT2D eigenvalue weighted by molar-refractivity contribution is 9.11. The van der Waals surface area contributed by atoms with Crippen LogP contribution in [-0.2, 0) is 65.4 Å². The minimum Gasteiger partial charge on any atom is -0.398 e. The van der Waals surface area contributed by atoms with Crippen LogP contribution in [-0.4, -0.2) is 113 Å². The first-order valence-electron chi connectivity index (χ1n) is 41.9. The van der Waals surface area contributed by atoms with E-state index in [1.807, 2.05) is 141 Å². The molecule has 21 rings (SSSR count). The smallest absolute Gasteiger partial charge is 0.274 e. The van der Waals surface area contributed by atoms with E-state index in [-0.39, 0.29) is 43.3 Å². The summed E-state index contributed by atoms with van der Waals surface area (Å²) in [7, 11) is -7.97. The number of nitrogens with one attached hydrogen (secondary N) is 3. The quantitative estimate of drug-likeness (QED) is 0.0332. The number of aldehydes is 1. The molecule has 0 aliphatic heterocycles. The standard InChI is InChI=1S/C32H25N5O4S.C25H20BrN5O3S.C19H15BrN4O.C8H5BrN2O2.C8H7BrN2.C8H6BrN/c1-22-10-12-28(13-11-22)42(40,41)37-20-30(29-15-26(16-33-31(29)37)25-9-5-8-24(14-25)21-38)35-32(39)27-17-34-36(19-27)18-23-6-3-2-4-7-23;1-17-7-9-21(10-8-17)35(33,34)31-16-23(22-11-20(26)13-27-24(22)31)29-25(32)19-12-28-30(15-19)14-18-5-3-2-4-6-18;20-15-8-16-17(21-10-15)6-7-18(16)23-19(25)14-9-22-24(12-14)11-13-4-2-1-3-5-13;9-5-3-6-7(10-4-5)1-2-8(6)11(12)13;9-5-3-6-7(10)1-2-8(6)11-4-5;9-7-4-6-2-1-3-8(6)10-5-7/h2-17,19-21H,18H2,1H3,(H,35,39);2-13,15-16H,14H2,1H3,(H,29,32);1-5,7-10,12H,6,11H2,(H,23,25);2-4H,1H2;1,3-4H,2,10H2;1-2,4-5H,3H2. The number of carbonyl (C=O) groups excluding carboxylic acids is 4. The number of halogens is 5. The van der Waals surface area contributed by atoms with Crippen LogP contribution in [0.1, 0.15) is 114 Å². The predicted molar refractivity (Wildman–Crippen MR) is 539 cm³/mol. The second-order valence-electron chi connectivity index (χ2n) is 31.3. The highest BCUT2D eigenvalue weighted by Gasteiger charge is 2.29. The van der Waals surface area contributed by atoms with Gasteiger partial charge in [-0.05, 0) is 188 Å². The summed E-state index contributed by atoms with van der Waals surface area (Å²) in [6.45, 7) is 5.42. The molecule has 17 aromatic rings. The molecule has 11 heterocycles. The van der Waals surface area contributed by atoms with Crippen LogP contribution in [0.2, 0.25) is 0 Å². The average Bonchev–Trinajstić information content (AvgIpc) is 1.60. The summed E-state index contributed by atoms with van der Waals surface area (Å²) in [4.78, 5) is 86.4. The van der Waals surface area contributed by atoms with Crippen molar-refractivity contribution >= 4 is 180 Å². The van der Waals surface area contributed by atoms with Gasteiger partial charge in [-0.3, -0.25) is 63.3 Å². The molecule has 6 aromatic carbocycles. The molecule has 0 atom stereocenters. The number of nitrogens with two attached hydrogens (primary N) is 1. The van der Waals surface area contributed by atoms with Gasteiger partial charge in [0.25, 0.3) is 43.5 Å². The van der Waals surface area contributed by atoms with E-state index in [1.165, 1.54) is 54.4 Å². The number of fused-ring (bicyclic) bond motifs is 6. The highest BCUT2D eigenvalue weighted by Crippen LogP contribution is 2.37. The zero-order valence-electron chi connectivity index (χ0n) is 72.1. The monoisotopic (exact) mass is 2160 g/mol. The first-order valence-corrected chi connectivity index (χ1v) is 48.7. The lowest BCUT2D eigenvalue weighted by molar-refractivity contribution is -0.375. The normalized spacial score (nSPS) is 12.3. The van der Waals surface area contributed by atoms with Gasteiger partial charge >= 0.3 is 0 Å².